The van der Waals surface area contributed by atoms with Gasteiger partial charge in [-0.3, -0.25) is 0 Å². The monoisotopic (exact) mass is 338 g/mol. The van der Waals surface area contributed by atoms with E-state index in [1.165, 1.54) is 31.2 Å². The van der Waals surface area contributed by atoms with Crippen LogP contribution in [0.4, 0.5) is 0 Å². The highest BCUT2D eigenvalue weighted by Gasteiger charge is 2.31. The molecule has 4 heteroatoms. The molecule has 0 fully saturated rings. The number of benzene rings is 1. The van der Waals surface area contributed by atoms with Crippen LogP contribution in [0.5, 0.6) is 5.75 Å². The topological polar surface area (TPSA) is 36.9 Å². The van der Waals surface area contributed by atoms with Gasteiger partial charge in [-0.25, -0.2) is 0 Å². The molecule has 0 saturated heterocycles. The van der Waals surface area contributed by atoms with Gasteiger partial charge in [-0.05, 0) is 30.4 Å². The summed E-state index contributed by atoms with van der Waals surface area (Å²) in [6.45, 7) is 2.24. The fraction of sp³-hybridized carbons (Fsp3) is 0.700. The van der Waals surface area contributed by atoms with E-state index in [4.69, 9.17) is 18.9 Å². The van der Waals surface area contributed by atoms with E-state index in [-0.39, 0.29) is 0 Å². The Morgan fingerprint density at radius 2 is 1.54 bits per heavy atom. The summed E-state index contributed by atoms with van der Waals surface area (Å²) in [7, 11) is 6.59. The standard InChI is InChI=1S/C20H34O4/c1-6-7-8-9-12-17(15-16-20(22-3,23-4)24-5)18-13-10-11-14-19(18)21-2/h10-11,13-14,17H,6-9,12,15-16H2,1-5H3. The molecule has 0 radical (unpaired) electrons. The zero-order valence-corrected chi connectivity index (χ0v) is 16.0. The highest BCUT2D eigenvalue weighted by atomic mass is 16.9. The van der Waals surface area contributed by atoms with Crippen LogP contribution >= 0.6 is 0 Å². The van der Waals surface area contributed by atoms with Crippen LogP contribution in [0.1, 0.15) is 63.4 Å². The minimum Gasteiger partial charge on any atom is -0.496 e. The number of rotatable bonds is 13. The van der Waals surface area contributed by atoms with Gasteiger partial charge in [-0.15, -0.1) is 0 Å². The molecule has 0 aromatic heterocycles. The summed E-state index contributed by atoms with van der Waals surface area (Å²) in [5.74, 6) is 0.387. The first-order valence-corrected chi connectivity index (χ1v) is 8.94. The van der Waals surface area contributed by atoms with Gasteiger partial charge in [-0.2, -0.15) is 0 Å². The molecule has 0 amide bonds. The first-order chi connectivity index (χ1) is 11.7. The van der Waals surface area contributed by atoms with E-state index in [9.17, 15) is 0 Å². The Hall–Kier alpha value is -1.10. The Labute approximate surface area is 147 Å². The van der Waals surface area contributed by atoms with E-state index < -0.39 is 5.97 Å². The number of hydrogen-bond donors (Lipinski definition) is 0. The molecule has 0 aliphatic heterocycles. The summed E-state index contributed by atoms with van der Waals surface area (Å²) >= 11 is 0. The number of ether oxygens (including phenoxy) is 4. The molecule has 1 aromatic rings. The van der Waals surface area contributed by atoms with Gasteiger partial charge in [-0.1, -0.05) is 50.8 Å². The molecule has 0 spiro atoms. The molecule has 0 heterocycles. The van der Waals surface area contributed by atoms with Gasteiger partial charge in [0.1, 0.15) is 5.75 Å². The number of hydrogen-bond acceptors (Lipinski definition) is 4. The number of methoxy groups -OCH3 is 4. The lowest BCUT2D eigenvalue weighted by Crippen LogP contribution is -2.36. The number of para-hydroxylation sites is 1. The minimum absolute atomic E-state index is 0.401. The predicted octanol–water partition coefficient (Wildman–Crippen LogP) is 5.12. The second kappa shape index (κ2) is 11.5. The largest absolute Gasteiger partial charge is 0.496 e. The first kappa shape index (κ1) is 20.9. The third kappa shape index (κ3) is 6.08. The van der Waals surface area contributed by atoms with Crippen molar-refractivity contribution in [2.24, 2.45) is 0 Å². The van der Waals surface area contributed by atoms with Crippen molar-refractivity contribution in [1.29, 1.82) is 0 Å². The van der Waals surface area contributed by atoms with Crippen LogP contribution in [-0.4, -0.2) is 34.4 Å². The van der Waals surface area contributed by atoms with E-state index in [2.05, 4.69) is 19.1 Å². The van der Waals surface area contributed by atoms with E-state index >= 15 is 0 Å². The van der Waals surface area contributed by atoms with Gasteiger partial charge in [0, 0.05) is 27.8 Å². The van der Waals surface area contributed by atoms with Crippen molar-refractivity contribution in [1.82, 2.24) is 0 Å². The van der Waals surface area contributed by atoms with Crippen molar-refractivity contribution in [2.75, 3.05) is 28.4 Å². The summed E-state index contributed by atoms with van der Waals surface area (Å²) in [4.78, 5) is 0. The van der Waals surface area contributed by atoms with Gasteiger partial charge in [0.25, 0.3) is 5.97 Å². The molecule has 0 aliphatic carbocycles. The molecule has 0 N–H and O–H groups in total. The second-order valence-electron chi connectivity index (χ2n) is 6.12. The lowest BCUT2D eigenvalue weighted by Gasteiger charge is -2.30. The molecule has 1 unspecified atom stereocenters. The molecule has 24 heavy (non-hydrogen) atoms. The van der Waals surface area contributed by atoms with Gasteiger partial charge in [0.15, 0.2) is 0 Å². The van der Waals surface area contributed by atoms with Crippen molar-refractivity contribution < 1.29 is 18.9 Å². The lowest BCUT2D eigenvalue weighted by molar-refractivity contribution is -0.355. The van der Waals surface area contributed by atoms with Crippen LogP contribution in [0.25, 0.3) is 0 Å². The average Bonchev–Trinajstić information content (AvgIpc) is 2.64. The van der Waals surface area contributed by atoms with E-state index in [1.54, 1.807) is 28.4 Å². The van der Waals surface area contributed by atoms with Crippen LogP contribution < -0.4 is 4.74 Å². The maximum atomic E-state index is 5.57. The fourth-order valence-electron chi connectivity index (χ4n) is 3.18. The zero-order chi connectivity index (χ0) is 17.8. The molecular weight excluding hydrogens is 304 g/mol. The Kier molecular flexibility index (Phi) is 9.99. The molecule has 1 atom stereocenters. The summed E-state index contributed by atoms with van der Waals surface area (Å²) < 4.78 is 21.9. The lowest BCUT2D eigenvalue weighted by atomic mass is 9.88. The Bertz CT molecular complexity index is 435. The van der Waals surface area contributed by atoms with Crippen molar-refractivity contribution in [3.05, 3.63) is 29.8 Å². The molecule has 138 valence electrons. The van der Waals surface area contributed by atoms with Crippen LogP contribution in [0.3, 0.4) is 0 Å². The van der Waals surface area contributed by atoms with Crippen LogP contribution in [0.15, 0.2) is 24.3 Å². The van der Waals surface area contributed by atoms with Gasteiger partial charge in [0.05, 0.1) is 7.11 Å². The van der Waals surface area contributed by atoms with Gasteiger partial charge < -0.3 is 18.9 Å². The van der Waals surface area contributed by atoms with Crippen molar-refractivity contribution in [2.45, 2.75) is 63.8 Å². The summed E-state index contributed by atoms with van der Waals surface area (Å²) in [5.41, 5.74) is 1.26. The summed E-state index contributed by atoms with van der Waals surface area (Å²) in [5, 5.41) is 0. The minimum atomic E-state index is -0.969. The quantitative estimate of drug-likeness (QED) is 0.369. The maximum Gasteiger partial charge on any atom is 0.282 e. The van der Waals surface area contributed by atoms with Gasteiger partial charge >= 0.3 is 0 Å². The van der Waals surface area contributed by atoms with Crippen molar-refractivity contribution in [3.63, 3.8) is 0 Å². The highest BCUT2D eigenvalue weighted by molar-refractivity contribution is 5.36. The molecular formula is C20H34O4. The van der Waals surface area contributed by atoms with Crippen LogP contribution in [0, 0.1) is 0 Å². The molecule has 4 nitrogen and oxygen atoms in total. The zero-order valence-electron chi connectivity index (χ0n) is 16.0. The van der Waals surface area contributed by atoms with E-state index in [0.29, 0.717) is 12.3 Å². The van der Waals surface area contributed by atoms with E-state index in [0.717, 1.165) is 18.6 Å². The van der Waals surface area contributed by atoms with Crippen molar-refractivity contribution >= 4 is 0 Å². The maximum absolute atomic E-state index is 5.57. The molecule has 0 aliphatic rings. The third-order valence-electron chi connectivity index (χ3n) is 4.72. The van der Waals surface area contributed by atoms with Crippen molar-refractivity contribution in [3.8, 4) is 5.75 Å². The smallest absolute Gasteiger partial charge is 0.282 e. The predicted molar refractivity (Wildman–Crippen MR) is 97.5 cm³/mol. The Morgan fingerprint density at radius 1 is 0.875 bits per heavy atom. The fourth-order valence-corrected chi connectivity index (χ4v) is 3.18. The first-order valence-electron chi connectivity index (χ1n) is 8.94. The average molecular weight is 338 g/mol. The molecule has 0 saturated carbocycles. The Morgan fingerprint density at radius 3 is 2.12 bits per heavy atom. The van der Waals surface area contributed by atoms with E-state index in [1.807, 2.05) is 12.1 Å². The second-order valence-corrected chi connectivity index (χ2v) is 6.12. The summed E-state index contributed by atoms with van der Waals surface area (Å²) in [6.07, 6.45) is 7.75. The molecule has 0 bridgehead atoms. The van der Waals surface area contributed by atoms with Crippen LogP contribution in [0.2, 0.25) is 0 Å². The van der Waals surface area contributed by atoms with Crippen LogP contribution in [-0.2, 0) is 14.2 Å². The Balaban J connectivity index is 2.84. The van der Waals surface area contributed by atoms with Gasteiger partial charge in [0.2, 0.25) is 0 Å². The molecule has 1 aromatic carbocycles. The summed E-state index contributed by atoms with van der Waals surface area (Å²) in [6, 6.07) is 8.29. The number of unbranched alkanes of at least 4 members (excludes halogenated alkanes) is 3. The third-order valence-corrected chi connectivity index (χ3v) is 4.72. The normalized spacial score (nSPS) is 13.0. The highest BCUT2D eigenvalue weighted by Crippen LogP contribution is 2.36. The SMILES string of the molecule is CCCCCCC(CCC(OC)(OC)OC)c1ccccc1OC. The molecule has 1 rings (SSSR count).